The summed E-state index contributed by atoms with van der Waals surface area (Å²) in [6.07, 6.45) is 0.782. The highest BCUT2D eigenvalue weighted by Crippen LogP contribution is 2.49. The predicted octanol–water partition coefficient (Wildman–Crippen LogP) is 3.03. The number of carbonyl (C=O) groups excluding carboxylic acids is 1. The van der Waals surface area contributed by atoms with Crippen LogP contribution >= 0.6 is 0 Å². The molecule has 1 fully saturated rings. The number of benzene rings is 2. The molecule has 25 heavy (non-hydrogen) atoms. The fraction of sp³-hybridized carbons (Fsp3) is 0.316. The average Bonchev–Trinajstić information content (AvgIpc) is 3.07. The van der Waals surface area contributed by atoms with Crippen molar-refractivity contribution in [2.75, 3.05) is 23.8 Å². The smallest absolute Gasteiger partial charge is 0.417 e. The van der Waals surface area contributed by atoms with Crippen molar-refractivity contribution in [3.8, 4) is 11.5 Å². The maximum atomic E-state index is 12.1. The highest BCUT2D eigenvalue weighted by molar-refractivity contribution is 5.86. The molecule has 1 saturated heterocycles. The van der Waals surface area contributed by atoms with Crippen LogP contribution in [0.15, 0.2) is 42.5 Å². The van der Waals surface area contributed by atoms with Crippen LogP contribution in [0.3, 0.4) is 0 Å². The van der Waals surface area contributed by atoms with Crippen LogP contribution in [-0.4, -0.2) is 31.0 Å². The molecule has 0 aromatic heterocycles. The largest absolute Gasteiger partial charge is 0.508 e. The number of carbonyl (C=O) groups is 1. The Hall–Kier alpha value is -2.73. The molecule has 130 valence electrons. The summed E-state index contributed by atoms with van der Waals surface area (Å²) in [4.78, 5) is 14.4. The number of phenols is 1. The van der Waals surface area contributed by atoms with Gasteiger partial charge in [-0.2, -0.15) is 0 Å². The van der Waals surface area contributed by atoms with E-state index in [2.05, 4.69) is 29.5 Å². The molecular weight excluding hydrogens is 318 g/mol. The third kappa shape index (κ3) is 2.59. The molecule has 6 heteroatoms. The van der Waals surface area contributed by atoms with Gasteiger partial charge in [0.25, 0.3) is 0 Å². The molecule has 0 bridgehead atoms. The Morgan fingerprint density at radius 2 is 2.08 bits per heavy atom. The normalized spacial score (nSPS) is 23.9. The first-order chi connectivity index (χ1) is 12.0. The van der Waals surface area contributed by atoms with Gasteiger partial charge in [-0.25, -0.2) is 4.79 Å². The van der Waals surface area contributed by atoms with E-state index < -0.39 is 6.09 Å². The van der Waals surface area contributed by atoms with E-state index in [-0.39, 0.29) is 17.3 Å². The van der Waals surface area contributed by atoms with Crippen molar-refractivity contribution in [3.05, 3.63) is 48.0 Å². The van der Waals surface area contributed by atoms with E-state index in [4.69, 9.17) is 4.74 Å². The summed E-state index contributed by atoms with van der Waals surface area (Å²) in [5.74, 6) is 0.673. The number of ether oxygens (including phenoxy) is 1. The zero-order valence-electron chi connectivity index (χ0n) is 14.2. The van der Waals surface area contributed by atoms with Gasteiger partial charge in [-0.3, -0.25) is 10.6 Å². The zero-order valence-corrected chi connectivity index (χ0v) is 14.2. The summed E-state index contributed by atoms with van der Waals surface area (Å²) in [6, 6.07) is 12.0. The Morgan fingerprint density at radius 1 is 1.32 bits per heavy atom. The van der Waals surface area contributed by atoms with Gasteiger partial charge in [-0.15, -0.1) is 0 Å². The number of aromatic hydroxyl groups is 1. The predicted molar refractivity (Wildman–Crippen MR) is 96.4 cm³/mol. The minimum atomic E-state index is -0.553. The summed E-state index contributed by atoms with van der Waals surface area (Å²) in [6.45, 7) is 3.23. The highest BCUT2D eigenvalue weighted by Gasteiger charge is 2.49. The molecular formula is C19H21N3O3. The summed E-state index contributed by atoms with van der Waals surface area (Å²) >= 11 is 0. The van der Waals surface area contributed by atoms with Gasteiger partial charge in [0.2, 0.25) is 0 Å². The number of rotatable bonds is 2. The van der Waals surface area contributed by atoms with E-state index in [9.17, 15) is 9.90 Å². The topological polar surface area (TPSA) is 73.8 Å². The molecule has 3 N–H and O–H groups in total. The molecule has 0 saturated carbocycles. The second-order valence-electron chi connectivity index (χ2n) is 6.88. The Balaban J connectivity index is 1.53. The van der Waals surface area contributed by atoms with Crippen LogP contribution in [-0.2, 0) is 5.41 Å². The van der Waals surface area contributed by atoms with Crippen molar-refractivity contribution in [2.45, 2.75) is 24.9 Å². The number of nitrogens with one attached hydrogen (secondary N) is 2. The summed E-state index contributed by atoms with van der Waals surface area (Å²) in [7, 11) is 2.09. The minimum absolute atomic E-state index is 0.0247. The van der Waals surface area contributed by atoms with E-state index in [1.165, 1.54) is 23.4 Å². The van der Waals surface area contributed by atoms with E-state index >= 15 is 0 Å². The molecule has 0 unspecified atom stereocenters. The lowest BCUT2D eigenvalue weighted by Gasteiger charge is -2.27. The molecule has 2 aromatic rings. The van der Waals surface area contributed by atoms with E-state index in [1.807, 2.05) is 18.2 Å². The SMILES string of the molecule is CN1c2ccc(OC(=O)Nc3ccc(O)cc3)cc2[C@]2(C)CCN[C@H]12. The van der Waals surface area contributed by atoms with Crippen LogP contribution in [0.5, 0.6) is 11.5 Å². The van der Waals surface area contributed by atoms with Gasteiger partial charge in [-0.05, 0) is 61.0 Å². The van der Waals surface area contributed by atoms with Crippen LogP contribution in [0.2, 0.25) is 0 Å². The number of anilines is 2. The first-order valence-corrected chi connectivity index (χ1v) is 8.36. The summed E-state index contributed by atoms with van der Waals surface area (Å²) in [5, 5.41) is 15.5. The van der Waals surface area contributed by atoms with Crippen molar-refractivity contribution in [2.24, 2.45) is 0 Å². The van der Waals surface area contributed by atoms with Crippen molar-refractivity contribution < 1.29 is 14.6 Å². The van der Waals surface area contributed by atoms with Gasteiger partial charge in [-0.1, -0.05) is 6.92 Å². The second-order valence-corrected chi connectivity index (χ2v) is 6.88. The quantitative estimate of drug-likeness (QED) is 0.734. The van der Waals surface area contributed by atoms with Gasteiger partial charge in [0.05, 0.1) is 6.17 Å². The Bertz CT molecular complexity index is 821. The molecule has 6 nitrogen and oxygen atoms in total. The lowest BCUT2D eigenvalue weighted by Crippen LogP contribution is -2.44. The fourth-order valence-corrected chi connectivity index (χ4v) is 3.95. The fourth-order valence-electron chi connectivity index (χ4n) is 3.95. The van der Waals surface area contributed by atoms with Gasteiger partial charge in [0.1, 0.15) is 11.5 Å². The van der Waals surface area contributed by atoms with Gasteiger partial charge in [0.15, 0.2) is 0 Å². The standard InChI is InChI=1S/C19H21N3O3/c1-19-9-10-20-17(19)22(2)16-8-7-14(11-15(16)19)25-18(24)21-12-3-5-13(23)6-4-12/h3-8,11,17,20,23H,9-10H2,1-2H3,(H,21,24)/t17-,19+/m1/s1. The van der Waals surface area contributed by atoms with Crippen LogP contribution in [0, 0.1) is 0 Å². The maximum absolute atomic E-state index is 12.1. The number of amides is 1. The third-order valence-electron chi connectivity index (χ3n) is 5.26. The number of hydrogen-bond donors (Lipinski definition) is 3. The van der Waals surface area contributed by atoms with Crippen LogP contribution < -0.4 is 20.3 Å². The number of nitrogens with zero attached hydrogens (tertiary/aromatic N) is 1. The number of phenolic OH excluding ortho intramolecular Hbond substituents is 1. The number of hydrogen-bond acceptors (Lipinski definition) is 5. The molecule has 2 aromatic carbocycles. The number of likely N-dealkylation sites (N-methyl/N-ethyl adjacent to an activating group) is 1. The molecule has 4 rings (SSSR count). The monoisotopic (exact) mass is 339 g/mol. The average molecular weight is 339 g/mol. The first-order valence-electron chi connectivity index (χ1n) is 8.36. The maximum Gasteiger partial charge on any atom is 0.417 e. The second kappa shape index (κ2) is 5.67. The molecule has 0 radical (unpaired) electrons. The molecule has 2 heterocycles. The summed E-state index contributed by atoms with van der Waals surface area (Å²) < 4.78 is 5.45. The van der Waals surface area contributed by atoms with Gasteiger partial charge >= 0.3 is 6.09 Å². The minimum Gasteiger partial charge on any atom is -0.508 e. The molecule has 0 spiro atoms. The van der Waals surface area contributed by atoms with Crippen molar-refractivity contribution in [1.29, 1.82) is 0 Å². The van der Waals surface area contributed by atoms with Gasteiger partial charge in [0, 0.05) is 23.8 Å². The molecule has 0 aliphatic carbocycles. The first kappa shape index (κ1) is 15.8. The highest BCUT2D eigenvalue weighted by atomic mass is 16.6. The summed E-state index contributed by atoms with van der Waals surface area (Å²) in [5.41, 5.74) is 2.97. The third-order valence-corrected chi connectivity index (χ3v) is 5.26. The molecule has 2 aliphatic heterocycles. The van der Waals surface area contributed by atoms with E-state index in [0.717, 1.165) is 13.0 Å². The van der Waals surface area contributed by atoms with Crippen molar-refractivity contribution >= 4 is 17.5 Å². The lowest BCUT2D eigenvalue weighted by atomic mass is 9.81. The van der Waals surface area contributed by atoms with Crippen LogP contribution in [0.4, 0.5) is 16.2 Å². The van der Waals surface area contributed by atoms with E-state index in [1.54, 1.807) is 12.1 Å². The Kier molecular flexibility index (Phi) is 3.58. The van der Waals surface area contributed by atoms with Crippen LogP contribution in [0.25, 0.3) is 0 Å². The number of fused-ring (bicyclic) bond motifs is 3. The van der Waals surface area contributed by atoms with Gasteiger partial charge < -0.3 is 14.7 Å². The Labute approximate surface area is 146 Å². The van der Waals surface area contributed by atoms with Crippen molar-refractivity contribution in [1.82, 2.24) is 5.32 Å². The molecule has 2 atom stereocenters. The van der Waals surface area contributed by atoms with E-state index in [0.29, 0.717) is 11.4 Å². The molecule has 2 aliphatic rings. The lowest BCUT2D eigenvalue weighted by molar-refractivity contribution is 0.215. The molecule has 1 amide bonds. The van der Waals surface area contributed by atoms with Crippen LogP contribution in [0.1, 0.15) is 18.9 Å². The Morgan fingerprint density at radius 3 is 2.84 bits per heavy atom. The zero-order chi connectivity index (χ0) is 17.6. The van der Waals surface area contributed by atoms with Crippen molar-refractivity contribution in [3.63, 3.8) is 0 Å².